The Morgan fingerprint density at radius 3 is 2.55 bits per heavy atom. The number of hydrogen-bond acceptors (Lipinski definition) is 3. The minimum atomic E-state index is -0.445. The molecule has 0 aromatic carbocycles. The SMILES string of the molecule is CCn1c(C)cc(/C=C2\C(=O)NC(=S)N(C)C2=O)c1C. The normalized spacial score (nSPS) is 17.9. The van der Waals surface area contributed by atoms with Gasteiger partial charge in [-0.15, -0.1) is 0 Å². The summed E-state index contributed by atoms with van der Waals surface area (Å²) in [5.74, 6) is -0.820. The average Bonchev–Trinajstić information content (AvgIpc) is 2.66. The zero-order valence-corrected chi connectivity index (χ0v) is 12.8. The van der Waals surface area contributed by atoms with E-state index in [1.54, 1.807) is 13.1 Å². The second-order valence-electron chi connectivity index (χ2n) is 4.75. The van der Waals surface area contributed by atoms with Crippen LogP contribution in [-0.4, -0.2) is 33.4 Å². The van der Waals surface area contributed by atoms with Gasteiger partial charge in [0.05, 0.1) is 0 Å². The number of aromatic nitrogens is 1. The van der Waals surface area contributed by atoms with Crippen molar-refractivity contribution in [2.45, 2.75) is 27.3 Å². The lowest BCUT2D eigenvalue weighted by atomic mass is 10.1. The van der Waals surface area contributed by atoms with Crippen LogP contribution in [0.15, 0.2) is 11.6 Å². The lowest BCUT2D eigenvalue weighted by Gasteiger charge is -2.25. The highest BCUT2D eigenvalue weighted by Crippen LogP contribution is 2.20. The first-order valence-corrected chi connectivity index (χ1v) is 6.79. The van der Waals surface area contributed by atoms with Gasteiger partial charge in [0.15, 0.2) is 5.11 Å². The second kappa shape index (κ2) is 5.20. The molecule has 0 atom stereocenters. The number of nitrogens with one attached hydrogen (secondary N) is 1. The number of aryl methyl sites for hydroxylation is 1. The van der Waals surface area contributed by atoms with Gasteiger partial charge >= 0.3 is 0 Å². The number of nitrogens with zero attached hydrogens (tertiary/aromatic N) is 2. The molecule has 2 amide bonds. The van der Waals surface area contributed by atoms with E-state index in [1.165, 1.54) is 4.90 Å². The van der Waals surface area contributed by atoms with Crippen molar-refractivity contribution in [1.29, 1.82) is 0 Å². The molecule has 2 rings (SSSR count). The van der Waals surface area contributed by atoms with Crippen LogP contribution in [0.4, 0.5) is 0 Å². The van der Waals surface area contributed by atoms with E-state index in [4.69, 9.17) is 12.2 Å². The van der Waals surface area contributed by atoms with E-state index in [0.717, 1.165) is 23.5 Å². The summed E-state index contributed by atoms with van der Waals surface area (Å²) < 4.78 is 2.13. The summed E-state index contributed by atoms with van der Waals surface area (Å²) in [6, 6.07) is 1.97. The highest BCUT2D eigenvalue weighted by Gasteiger charge is 2.31. The van der Waals surface area contributed by atoms with Crippen molar-refractivity contribution in [2.75, 3.05) is 7.05 Å². The van der Waals surface area contributed by atoms with Crippen LogP contribution < -0.4 is 5.32 Å². The van der Waals surface area contributed by atoms with E-state index in [-0.39, 0.29) is 16.6 Å². The van der Waals surface area contributed by atoms with E-state index >= 15 is 0 Å². The van der Waals surface area contributed by atoms with Crippen molar-refractivity contribution in [3.8, 4) is 0 Å². The summed E-state index contributed by atoms with van der Waals surface area (Å²) in [6.07, 6.45) is 1.63. The first kappa shape index (κ1) is 14.5. The summed E-state index contributed by atoms with van der Waals surface area (Å²) in [7, 11) is 1.55. The number of carbonyl (C=O) groups is 2. The molecule has 1 saturated heterocycles. The van der Waals surface area contributed by atoms with E-state index in [2.05, 4.69) is 16.8 Å². The van der Waals surface area contributed by atoms with Crippen LogP contribution in [0, 0.1) is 13.8 Å². The van der Waals surface area contributed by atoms with Gasteiger partial charge < -0.3 is 4.57 Å². The Hall–Kier alpha value is -1.95. The molecule has 1 N–H and O–H groups in total. The van der Waals surface area contributed by atoms with E-state index in [0.29, 0.717) is 0 Å². The number of likely N-dealkylation sites (N-methyl/N-ethyl adjacent to an activating group) is 1. The Kier molecular flexibility index (Phi) is 3.76. The summed E-state index contributed by atoms with van der Waals surface area (Å²) in [5, 5.41) is 2.64. The van der Waals surface area contributed by atoms with Crippen LogP contribution in [0.5, 0.6) is 0 Å². The first-order chi connectivity index (χ1) is 9.36. The Bertz CT molecular complexity index is 643. The molecule has 106 valence electrons. The van der Waals surface area contributed by atoms with Crippen LogP contribution in [0.1, 0.15) is 23.9 Å². The standard InChI is InChI=1S/C14H17N3O2S/c1-5-17-8(2)6-10(9(17)3)7-11-12(18)15-14(20)16(4)13(11)19/h6-7H,5H2,1-4H3,(H,15,18,20)/b11-7+. The molecular weight excluding hydrogens is 274 g/mol. The topological polar surface area (TPSA) is 54.3 Å². The fraction of sp³-hybridized carbons (Fsp3) is 0.357. The van der Waals surface area contributed by atoms with Crippen molar-refractivity contribution in [2.24, 2.45) is 0 Å². The van der Waals surface area contributed by atoms with Gasteiger partial charge in [0.1, 0.15) is 5.57 Å². The van der Waals surface area contributed by atoms with Crippen LogP contribution in [0.3, 0.4) is 0 Å². The maximum absolute atomic E-state index is 12.1. The van der Waals surface area contributed by atoms with E-state index in [1.807, 2.05) is 19.9 Å². The van der Waals surface area contributed by atoms with Gasteiger partial charge in [0.2, 0.25) is 0 Å². The number of carbonyl (C=O) groups excluding carboxylic acids is 2. The Balaban J connectivity index is 2.47. The maximum Gasteiger partial charge on any atom is 0.265 e. The molecule has 0 unspecified atom stereocenters. The van der Waals surface area contributed by atoms with Crippen LogP contribution in [-0.2, 0) is 16.1 Å². The quantitative estimate of drug-likeness (QED) is 0.509. The monoisotopic (exact) mass is 291 g/mol. The minimum Gasteiger partial charge on any atom is -0.349 e. The third-order valence-electron chi connectivity index (χ3n) is 3.53. The van der Waals surface area contributed by atoms with Crippen molar-refractivity contribution < 1.29 is 9.59 Å². The summed E-state index contributed by atoms with van der Waals surface area (Å²) in [4.78, 5) is 25.3. The van der Waals surface area contributed by atoms with Crippen LogP contribution >= 0.6 is 12.2 Å². The average molecular weight is 291 g/mol. The predicted molar refractivity (Wildman–Crippen MR) is 81.1 cm³/mol. The van der Waals surface area contributed by atoms with Gasteiger partial charge in [0, 0.05) is 25.0 Å². The molecule has 20 heavy (non-hydrogen) atoms. The summed E-state index contributed by atoms with van der Waals surface area (Å²) >= 11 is 4.91. The first-order valence-electron chi connectivity index (χ1n) is 6.38. The van der Waals surface area contributed by atoms with Crippen molar-refractivity contribution >= 4 is 35.2 Å². The molecule has 0 saturated carbocycles. The number of amides is 2. The Morgan fingerprint density at radius 1 is 1.35 bits per heavy atom. The molecule has 5 nitrogen and oxygen atoms in total. The van der Waals surface area contributed by atoms with Gasteiger partial charge in [-0.2, -0.15) is 0 Å². The molecule has 1 fully saturated rings. The van der Waals surface area contributed by atoms with Gasteiger partial charge in [-0.25, -0.2) is 0 Å². The second-order valence-corrected chi connectivity index (χ2v) is 5.14. The highest BCUT2D eigenvalue weighted by molar-refractivity contribution is 7.80. The van der Waals surface area contributed by atoms with Crippen LogP contribution in [0.25, 0.3) is 6.08 Å². The number of hydrogen-bond donors (Lipinski definition) is 1. The zero-order chi connectivity index (χ0) is 15.0. The molecule has 0 spiro atoms. The Morgan fingerprint density at radius 2 is 2.00 bits per heavy atom. The smallest absolute Gasteiger partial charge is 0.265 e. The van der Waals surface area contributed by atoms with E-state index in [9.17, 15) is 9.59 Å². The van der Waals surface area contributed by atoms with Gasteiger partial charge in [-0.3, -0.25) is 19.8 Å². The highest BCUT2D eigenvalue weighted by atomic mass is 32.1. The number of rotatable bonds is 2. The predicted octanol–water partition coefficient (Wildman–Crippen LogP) is 1.38. The van der Waals surface area contributed by atoms with Gasteiger partial charge in [0.25, 0.3) is 11.8 Å². The van der Waals surface area contributed by atoms with Crippen molar-refractivity contribution in [3.63, 3.8) is 0 Å². The Labute approximate surface area is 123 Å². The summed E-state index contributed by atoms with van der Waals surface area (Å²) in [5.41, 5.74) is 3.12. The number of thiocarbonyl (C=S) groups is 1. The lowest BCUT2D eigenvalue weighted by molar-refractivity contribution is -0.128. The molecule has 1 aliphatic rings. The fourth-order valence-electron chi connectivity index (χ4n) is 2.36. The summed E-state index contributed by atoms with van der Waals surface area (Å²) in [6.45, 7) is 6.89. The molecule has 1 aromatic rings. The molecule has 1 aliphatic heterocycles. The third kappa shape index (κ3) is 2.27. The minimum absolute atomic E-state index is 0.109. The largest absolute Gasteiger partial charge is 0.349 e. The third-order valence-corrected chi connectivity index (χ3v) is 3.91. The lowest BCUT2D eigenvalue weighted by Crippen LogP contribution is -2.52. The van der Waals surface area contributed by atoms with Crippen molar-refractivity contribution in [1.82, 2.24) is 14.8 Å². The molecule has 0 radical (unpaired) electrons. The van der Waals surface area contributed by atoms with Gasteiger partial charge in [-0.05, 0) is 50.7 Å². The maximum atomic E-state index is 12.1. The molecule has 1 aromatic heterocycles. The molecule has 0 aliphatic carbocycles. The van der Waals surface area contributed by atoms with Crippen LogP contribution in [0.2, 0.25) is 0 Å². The fourth-order valence-corrected chi connectivity index (χ4v) is 2.54. The van der Waals surface area contributed by atoms with E-state index < -0.39 is 5.91 Å². The molecular formula is C14H17N3O2S. The zero-order valence-electron chi connectivity index (χ0n) is 12.0. The molecule has 0 bridgehead atoms. The van der Waals surface area contributed by atoms with Gasteiger partial charge in [-0.1, -0.05) is 0 Å². The molecule has 2 heterocycles. The van der Waals surface area contributed by atoms with Crippen molar-refractivity contribution in [3.05, 3.63) is 28.6 Å². The molecule has 6 heteroatoms.